The van der Waals surface area contributed by atoms with Gasteiger partial charge >= 0.3 is 0 Å². The Kier molecular flexibility index (Phi) is 12.1. The van der Waals surface area contributed by atoms with Crippen molar-refractivity contribution in [3.05, 3.63) is 155 Å². The van der Waals surface area contributed by atoms with E-state index in [4.69, 9.17) is 0 Å². The van der Waals surface area contributed by atoms with Crippen molar-refractivity contribution in [3.63, 3.8) is 0 Å². The Bertz CT molecular complexity index is 1780. The number of hydrogen-bond donors (Lipinski definition) is 0. The Morgan fingerprint density at radius 3 is 2.19 bits per heavy atom. The van der Waals surface area contributed by atoms with E-state index in [2.05, 4.69) is 171 Å². The summed E-state index contributed by atoms with van der Waals surface area (Å²) >= 11 is 0. The van der Waals surface area contributed by atoms with Gasteiger partial charge in [-0.2, -0.15) is 0 Å². The quantitative estimate of drug-likeness (QED) is 0.184. The van der Waals surface area contributed by atoms with E-state index < -0.39 is 0 Å². The summed E-state index contributed by atoms with van der Waals surface area (Å²) in [5.41, 5.74) is 13.0. The van der Waals surface area contributed by atoms with Crippen molar-refractivity contribution < 1.29 is 0 Å². The molecule has 0 saturated carbocycles. The van der Waals surface area contributed by atoms with Crippen molar-refractivity contribution in [1.82, 2.24) is 0 Å². The molecule has 5 rings (SSSR count). The molecular weight excluding hydrogens is 579 g/mol. The largest absolute Gasteiger partial charge is 0.315 e. The molecule has 0 radical (unpaired) electrons. The zero-order valence-electron chi connectivity index (χ0n) is 31.5. The number of hydrogen-bond acceptors (Lipinski definition) is 1. The Morgan fingerprint density at radius 1 is 0.917 bits per heavy atom. The molecule has 0 saturated heterocycles. The zero-order chi connectivity index (χ0) is 35.2. The normalized spacial score (nSPS) is 21.3. The van der Waals surface area contributed by atoms with Gasteiger partial charge in [0.05, 0.1) is 0 Å². The second-order valence-electron chi connectivity index (χ2n) is 14.5. The summed E-state index contributed by atoms with van der Waals surface area (Å²) in [4.78, 5) is 2.25. The fraction of sp³-hybridized carbons (Fsp3) is 0.362. The SMILES string of the molecule is C=CC1CC(C)C(C)(C)c2c3c(c4ccccc4c2C/C=C1/C=C\C(=C)N(/C(C)=C/C=C(C)C)c1ccc(C)cc1)CC(C)C=C3.CC. The van der Waals surface area contributed by atoms with Crippen molar-refractivity contribution >= 4 is 22.5 Å². The fourth-order valence-corrected chi connectivity index (χ4v) is 7.38. The molecule has 1 heteroatoms. The summed E-state index contributed by atoms with van der Waals surface area (Å²) in [6, 6.07) is 17.8. The first-order valence-corrected chi connectivity index (χ1v) is 18.1. The topological polar surface area (TPSA) is 3.24 Å². The van der Waals surface area contributed by atoms with Crippen LogP contribution in [0.2, 0.25) is 0 Å². The summed E-state index contributed by atoms with van der Waals surface area (Å²) in [5, 5.41) is 2.83. The van der Waals surface area contributed by atoms with Gasteiger partial charge in [-0.15, -0.1) is 6.58 Å². The standard InChI is InChI=1S/C45H53N.C2H6/c1-11-36-29-33(6)45(9,10)44-41(39-14-12-13-15-40(39)43-28-32(5)19-26-42(43)44)27-23-37(36)22-21-35(8)46(34(7)20-16-30(2)3)38-24-17-31(4)18-25-38;1-2/h11-26,32-33,36H,1,8,27-29H2,2-7,9-10H3;1-2H3/b22-21-,34-20+,37-23-;. The number of benzene rings is 3. The van der Waals surface area contributed by atoms with Gasteiger partial charge in [-0.25, -0.2) is 0 Å². The second-order valence-corrected chi connectivity index (χ2v) is 14.5. The van der Waals surface area contributed by atoms with Crippen molar-refractivity contribution in [2.75, 3.05) is 4.90 Å². The van der Waals surface area contributed by atoms with E-state index in [0.717, 1.165) is 36.3 Å². The summed E-state index contributed by atoms with van der Waals surface area (Å²) in [6.45, 7) is 31.2. The van der Waals surface area contributed by atoms with Crippen molar-refractivity contribution in [2.45, 2.75) is 93.9 Å². The first kappa shape index (κ1) is 36.7. The molecule has 0 N–H and O–H groups in total. The number of aryl methyl sites for hydroxylation is 1. The lowest BCUT2D eigenvalue weighted by atomic mass is 9.65. The molecule has 0 amide bonds. The van der Waals surface area contributed by atoms with E-state index in [9.17, 15) is 0 Å². The maximum atomic E-state index is 4.58. The van der Waals surface area contributed by atoms with Crippen LogP contribution in [0.1, 0.15) is 96.6 Å². The number of nitrogens with zero attached hydrogens (tertiary/aromatic N) is 1. The van der Waals surface area contributed by atoms with Crippen molar-refractivity contribution in [1.29, 1.82) is 0 Å². The van der Waals surface area contributed by atoms with E-state index in [0.29, 0.717) is 11.8 Å². The monoisotopic (exact) mass is 637 g/mol. The van der Waals surface area contributed by atoms with Crippen LogP contribution >= 0.6 is 0 Å². The van der Waals surface area contributed by atoms with E-state index >= 15 is 0 Å². The Morgan fingerprint density at radius 2 is 1.56 bits per heavy atom. The van der Waals surface area contributed by atoms with Crippen LogP contribution in [0, 0.1) is 24.7 Å². The lowest BCUT2D eigenvalue weighted by Crippen LogP contribution is -2.31. The first-order valence-electron chi connectivity index (χ1n) is 18.1. The molecule has 2 aliphatic rings. The maximum absolute atomic E-state index is 4.58. The number of rotatable bonds is 7. The first-order chi connectivity index (χ1) is 22.9. The molecule has 0 spiro atoms. The van der Waals surface area contributed by atoms with Crippen LogP contribution in [0.5, 0.6) is 0 Å². The molecule has 0 aromatic heterocycles. The van der Waals surface area contributed by atoms with Crippen molar-refractivity contribution in [3.8, 4) is 0 Å². The molecule has 0 fully saturated rings. The molecule has 3 aromatic carbocycles. The predicted molar refractivity (Wildman–Crippen MR) is 215 cm³/mol. The highest BCUT2D eigenvalue weighted by molar-refractivity contribution is 5.94. The van der Waals surface area contributed by atoms with Gasteiger partial charge in [0.25, 0.3) is 0 Å². The molecule has 0 bridgehead atoms. The Labute approximate surface area is 292 Å². The van der Waals surface area contributed by atoms with E-state index in [-0.39, 0.29) is 11.3 Å². The third-order valence-electron chi connectivity index (χ3n) is 10.4. The minimum atomic E-state index is 0.00129. The summed E-state index contributed by atoms with van der Waals surface area (Å²) in [5.74, 6) is 1.25. The van der Waals surface area contributed by atoms with Crippen LogP contribution in [0.15, 0.2) is 127 Å². The predicted octanol–water partition coefficient (Wildman–Crippen LogP) is 13.4. The fourth-order valence-electron chi connectivity index (χ4n) is 7.38. The zero-order valence-corrected chi connectivity index (χ0v) is 31.5. The molecular formula is C47H59N. The Balaban J connectivity index is 0.00000255. The Hall–Kier alpha value is -4.10. The van der Waals surface area contributed by atoms with Crippen LogP contribution in [0.3, 0.4) is 0 Å². The molecule has 1 nitrogen and oxygen atoms in total. The smallest absolute Gasteiger partial charge is 0.0458 e. The van der Waals surface area contributed by atoms with Gasteiger partial charge in [-0.1, -0.05) is 132 Å². The number of anilines is 1. The second kappa shape index (κ2) is 15.9. The summed E-state index contributed by atoms with van der Waals surface area (Å²) in [6.07, 6.45) is 21.4. The minimum absolute atomic E-state index is 0.00129. The third kappa shape index (κ3) is 7.78. The van der Waals surface area contributed by atoms with Gasteiger partial charge in [0.1, 0.15) is 0 Å². The highest BCUT2D eigenvalue weighted by Crippen LogP contribution is 2.47. The molecule has 3 aromatic rings. The van der Waals surface area contributed by atoms with Crippen LogP contribution < -0.4 is 4.90 Å². The van der Waals surface area contributed by atoms with Crippen LogP contribution in [0.25, 0.3) is 16.8 Å². The van der Waals surface area contributed by atoms with Crippen LogP contribution in [-0.2, 0) is 18.3 Å². The lowest BCUT2D eigenvalue weighted by molar-refractivity contribution is 0.306. The van der Waals surface area contributed by atoms with E-state index in [1.165, 1.54) is 49.7 Å². The molecule has 252 valence electrons. The summed E-state index contributed by atoms with van der Waals surface area (Å²) in [7, 11) is 0. The average molecular weight is 638 g/mol. The van der Waals surface area contributed by atoms with Gasteiger partial charge in [-0.05, 0) is 127 Å². The minimum Gasteiger partial charge on any atom is -0.315 e. The van der Waals surface area contributed by atoms with Gasteiger partial charge in [0.2, 0.25) is 0 Å². The maximum Gasteiger partial charge on any atom is 0.0458 e. The van der Waals surface area contributed by atoms with Crippen LogP contribution in [-0.4, -0.2) is 0 Å². The van der Waals surface area contributed by atoms with Crippen LogP contribution in [0.4, 0.5) is 5.69 Å². The van der Waals surface area contributed by atoms with Gasteiger partial charge in [-0.3, -0.25) is 0 Å². The van der Waals surface area contributed by atoms with Gasteiger partial charge in [0.15, 0.2) is 0 Å². The number of allylic oxidation sites excluding steroid dienone is 10. The third-order valence-corrected chi connectivity index (χ3v) is 10.4. The molecule has 48 heavy (non-hydrogen) atoms. The van der Waals surface area contributed by atoms with Gasteiger partial charge < -0.3 is 4.90 Å². The number of fused-ring (bicyclic) bond motifs is 6. The average Bonchev–Trinajstić information content (AvgIpc) is 3.11. The molecule has 3 unspecified atom stereocenters. The lowest BCUT2D eigenvalue weighted by Gasteiger charge is -2.38. The van der Waals surface area contributed by atoms with Gasteiger partial charge in [0, 0.05) is 23.0 Å². The highest BCUT2D eigenvalue weighted by atomic mass is 15.1. The molecule has 0 aliphatic heterocycles. The van der Waals surface area contributed by atoms with E-state index in [1.807, 2.05) is 13.8 Å². The van der Waals surface area contributed by atoms with Crippen molar-refractivity contribution in [2.24, 2.45) is 17.8 Å². The molecule has 0 heterocycles. The van der Waals surface area contributed by atoms with E-state index in [1.54, 1.807) is 0 Å². The molecule has 3 atom stereocenters. The summed E-state index contributed by atoms with van der Waals surface area (Å²) < 4.78 is 0. The highest BCUT2D eigenvalue weighted by Gasteiger charge is 2.36. The molecule has 2 aliphatic carbocycles.